The van der Waals surface area contributed by atoms with Crippen molar-refractivity contribution in [2.75, 3.05) is 19.7 Å². The van der Waals surface area contributed by atoms with Crippen molar-refractivity contribution >= 4 is 17.6 Å². The minimum Gasteiger partial charge on any atom is -0.492 e. The molecule has 2 aromatic carbocycles. The van der Waals surface area contributed by atoms with Crippen molar-refractivity contribution < 1.29 is 9.53 Å². The van der Waals surface area contributed by atoms with Gasteiger partial charge in [0.2, 0.25) is 0 Å². The summed E-state index contributed by atoms with van der Waals surface area (Å²) in [7, 11) is 0. The van der Waals surface area contributed by atoms with Gasteiger partial charge in [0.1, 0.15) is 12.4 Å². The molecule has 4 nitrogen and oxygen atoms in total. The minimum atomic E-state index is -0.0916. The second kappa shape index (κ2) is 9.06. The molecule has 0 spiro atoms. The Bertz CT molecular complexity index is 619. The fourth-order valence-electron chi connectivity index (χ4n) is 2.13. The topological polar surface area (TPSA) is 41.6 Å². The minimum absolute atomic E-state index is 0.0916. The van der Waals surface area contributed by atoms with E-state index in [0.717, 1.165) is 5.56 Å². The Balaban J connectivity index is 1.74. The normalized spacial score (nSPS) is 10.2. The average Bonchev–Trinajstić information content (AvgIpc) is 2.57. The fraction of sp³-hybridized carbons (Fsp3) is 0.278. The Hall–Kier alpha value is -2.20. The number of nitrogens with one attached hydrogen (secondary N) is 1. The Kier molecular flexibility index (Phi) is 6.76. The molecule has 0 fully saturated rings. The van der Waals surface area contributed by atoms with Gasteiger partial charge in [0.15, 0.2) is 0 Å². The smallest absolute Gasteiger partial charge is 0.317 e. The van der Waals surface area contributed by atoms with Crippen LogP contribution in [0.2, 0.25) is 5.02 Å². The third kappa shape index (κ3) is 5.83. The van der Waals surface area contributed by atoms with Gasteiger partial charge in [0.25, 0.3) is 0 Å². The van der Waals surface area contributed by atoms with Crippen LogP contribution in [-0.4, -0.2) is 30.6 Å². The third-order valence-electron chi connectivity index (χ3n) is 3.33. The molecule has 0 unspecified atom stereocenters. The number of hydrogen-bond acceptors (Lipinski definition) is 2. The Labute approximate surface area is 142 Å². The molecular formula is C18H21ClN2O2. The summed E-state index contributed by atoms with van der Waals surface area (Å²) in [6, 6.07) is 17.0. The van der Waals surface area contributed by atoms with Gasteiger partial charge in [-0.05, 0) is 30.7 Å². The van der Waals surface area contributed by atoms with Crippen LogP contribution in [-0.2, 0) is 6.54 Å². The zero-order valence-corrected chi connectivity index (χ0v) is 13.9. The van der Waals surface area contributed by atoms with E-state index in [4.69, 9.17) is 16.3 Å². The summed E-state index contributed by atoms with van der Waals surface area (Å²) in [6.45, 7) is 4.05. The number of hydrogen-bond donors (Lipinski definition) is 1. The predicted molar refractivity (Wildman–Crippen MR) is 92.9 cm³/mol. The number of halogens is 1. The highest BCUT2D eigenvalue weighted by Gasteiger charge is 2.11. The van der Waals surface area contributed by atoms with Crippen LogP contribution in [0, 0.1) is 0 Å². The van der Waals surface area contributed by atoms with E-state index in [-0.39, 0.29) is 6.03 Å². The number of carbonyl (C=O) groups excluding carboxylic acids is 1. The molecule has 0 aliphatic rings. The Morgan fingerprint density at radius 1 is 1.17 bits per heavy atom. The van der Waals surface area contributed by atoms with Crippen molar-refractivity contribution in [2.45, 2.75) is 13.5 Å². The van der Waals surface area contributed by atoms with Crippen LogP contribution in [0.3, 0.4) is 0 Å². The fourth-order valence-corrected chi connectivity index (χ4v) is 2.31. The lowest BCUT2D eigenvalue weighted by Crippen LogP contribution is -2.40. The monoisotopic (exact) mass is 332 g/mol. The molecule has 0 saturated carbocycles. The number of rotatable bonds is 7. The molecule has 2 rings (SSSR count). The molecule has 122 valence electrons. The quantitative estimate of drug-likeness (QED) is 0.780. The van der Waals surface area contributed by atoms with E-state index >= 15 is 0 Å². The van der Waals surface area contributed by atoms with E-state index in [0.29, 0.717) is 37.0 Å². The second-order valence-electron chi connectivity index (χ2n) is 5.04. The molecule has 23 heavy (non-hydrogen) atoms. The van der Waals surface area contributed by atoms with Crippen molar-refractivity contribution in [2.24, 2.45) is 0 Å². The third-order valence-corrected chi connectivity index (χ3v) is 3.56. The first-order chi connectivity index (χ1) is 11.2. The summed E-state index contributed by atoms with van der Waals surface area (Å²) in [5.74, 6) is 0.698. The van der Waals surface area contributed by atoms with Crippen LogP contribution >= 0.6 is 11.6 Å². The molecule has 1 N–H and O–H groups in total. The lowest BCUT2D eigenvalue weighted by Gasteiger charge is -2.21. The molecule has 0 aromatic heterocycles. The van der Waals surface area contributed by atoms with E-state index in [1.807, 2.05) is 49.4 Å². The average molecular weight is 333 g/mol. The number of benzene rings is 2. The first-order valence-electron chi connectivity index (χ1n) is 7.64. The molecule has 5 heteroatoms. The molecular weight excluding hydrogens is 312 g/mol. The van der Waals surface area contributed by atoms with Crippen LogP contribution in [0.15, 0.2) is 54.6 Å². The largest absolute Gasteiger partial charge is 0.492 e. The molecule has 0 atom stereocenters. The number of amides is 2. The van der Waals surface area contributed by atoms with Crippen molar-refractivity contribution in [3.05, 3.63) is 65.2 Å². The van der Waals surface area contributed by atoms with Crippen molar-refractivity contribution in [3.63, 3.8) is 0 Å². The second-order valence-corrected chi connectivity index (χ2v) is 5.47. The van der Waals surface area contributed by atoms with Crippen molar-refractivity contribution in [3.8, 4) is 5.75 Å². The summed E-state index contributed by atoms with van der Waals surface area (Å²) in [5, 5.41) is 3.50. The maximum absolute atomic E-state index is 12.2. The van der Waals surface area contributed by atoms with Gasteiger partial charge in [0.05, 0.1) is 6.54 Å². The van der Waals surface area contributed by atoms with Gasteiger partial charge in [-0.3, -0.25) is 0 Å². The summed E-state index contributed by atoms with van der Waals surface area (Å²) in [6.07, 6.45) is 0. The van der Waals surface area contributed by atoms with E-state index in [2.05, 4.69) is 5.32 Å². The SMILES string of the molecule is CCN(Cc1ccccc1)C(=O)NCCOc1cccc(Cl)c1. The van der Waals surface area contributed by atoms with Gasteiger partial charge in [-0.2, -0.15) is 0 Å². The van der Waals surface area contributed by atoms with Gasteiger partial charge in [-0.1, -0.05) is 48.0 Å². The van der Waals surface area contributed by atoms with Crippen molar-refractivity contribution in [1.82, 2.24) is 10.2 Å². The molecule has 2 aromatic rings. The Morgan fingerprint density at radius 3 is 2.65 bits per heavy atom. The van der Waals surface area contributed by atoms with Gasteiger partial charge in [-0.15, -0.1) is 0 Å². The van der Waals surface area contributed by atoms with E-state index < -0.39 is 0 Å². The summed E-state index contributed by atoms with van der Waals surface area (Å²) in [4.78, 5) is 13.9. The summed E-state index contributed by atoms with van der Waals surface area (Å²) < 4.78 is 5.55. The van der Waals surface area contributed by atoms with Crippen LogP contribution in [0.25, 0.3) is 0 Å². The first-order valence-corrected chi connectivity index (χ1v) is 8.02. The van der Waals surface area contributed by atoms with Crippen LogP contribution < -0.4 is 10.1 Å². The zero-order valence-electron chi connectivity index (χ0n) is 13.2. The van der Waals surface area contributed by atoms with Crippen LogP contribution in [0.5, 0.6) is 5.75 Å². The molecule has 0 bridgehead atoms. The highest BCUT2D eigenvalue weighted by atomic mass is 35.5. The zero-order chi connectivity index (χ0) is 16.5. The molecule has 0 aliphatic carbocycles. The molecule has 2 amide bonds. The lowest BCUT2D eigenvalue weighted by atomic mass is 10.2. The number of carbonyl (C=O) groups is 1. The molecule has 0 aliphatic heterocycles. The van der Waals surface area contributed by atoms with Crippen LogP contribution in [0.4, 0.5) is 4.79 Å². The highest BCUT2D eigenvalue weighted by Crippen LogP contribution is 2.16. The number of urea groups is 1. The van der Waals surface area contributed by atoms with Gasteiger partial charge < -0.3 is 15.0 Å². The van der Waals surface area contributed by atoms with Crippen LogP contribution in [0.1, 0.15) is 12.5 Å². The van der Waals surface area contributed by atoms with E-state index in [9.17, 15) is 4.79 Å². The first kappa shape index (κ1) is 17.2. The summed E-state index contributed by atoms with van der Waals surface area (Å²) >= 11 is 5.89. The lowest BCUT2D eigenvalue weighted by molar-refractivity contribution is 0.195. The van der Waals surface area contributed by atoms with Gasteiger partial charge in [-0.25, -0.2) is 4.79 Å². The van der Waals surface area contributed by atoms with Gasteiger partial charge in [0, 0.05) is 18.1 Å². The number of nitrogens with zero attached hydrogens (tertiary/aromatic N) is 1. The maximum Gasteiger partial charge on any atom is 0.317 e. The highest BCUT2D eigenvalue weighted by molar-refractivity contribution is 6.30. The van der Waals surface area contributed by atoms with E-state index in [1.54, 1.807) is 17.0 Å². The standard InChI is InChI=1S/C18H21ClN2O2/c1-2-21(14-15-7-4-3-5-8-15)18(22)20-11-12-23-17-10-6-9-16(19)13-17/h3-10,13H,2,11-12,14H2,1H3,(H,20,22). The maximum atomic E-state index is 12.2. The predicted octanol–water partition coefficient (Wildman–Crippen LogP) is 3.95. The summed E-state index contributed by atoms with van der Waals surface area (Å²) in [5.41, 5.74) is 1.11. The molecule has 0 heterocycles. The van der Waals surface area contributed by atoms with E-state index in [1.165, 1.54) is 0 Å². The van der Waals surface area contributed by atoms with Gasteiger partial charge >= 0.3 is 6.03 Å². The van der Waals surface area contributed by atoms with Crippen molar-refractivity contribution in [1.29, 1.82) is 0 Å². The molecule has 0 saturated heterocycles. The number of ether oxygens (including phenoxy) is 1. The Morgan fingerprint density at radius 2 is 1.96 bits per heavy atom. The molecule has 0 radical (unpaired) electrons.